The summed E-state index contributed by atoms with van der Waals surface area (Å²) in [6.45, 7) is 2.63. The van der Waals surface area contributed by atoms with Crippen LogP contribution in [0.2, 0.25) is 0 Å². The molecular weight excluding hydrogens is 202 g/mol. The van der Waals surface area contributed by atoms with Crippen molar-refractivity contribution in [3.63, 3.8) is 0 Å². The lowest BCUT2D eigenvalue weighted by atomic mass is 10.3. The normalized spacial score (nSPS) is 14.6. The molecule has 0 radical (unpaired) electrons. The molecule has 1 heterocycles. The summed E-state index contributed by atoms with van der Waals surface area (Å²) in [5.74, 6) is 0.991. The summed E-state index contributed by atoms with van der Waals surface area (Å²) in [6.07, 6.45) is 4.53. The van der Waals surface area contributed by atoms with E-state index in [1.54, 1.807) is 6.20 Å². The Morgan fingerprint density at radius 1 is 1.56 bits per heavy atom. The van der Waals surface area contributed by atoms with Crippen molar-refractivity contribution in [2.75, 3.05) is 11.9 Å². The van der Waals surface area contributed by atoms with E-state index in [-0.39, 0.29) is 5.91 Å². The Hall–Kier alpha value is -1.58. The molecule has 0 atom stereocenters. The van der Waals surface area contributed by atoms with Crippen LogP contribution in [0.25, 0.3) is 0 Å². The SMILES string of the molecule is Cc1cccnc1NCCC(=O)NC1CC1. The van der Waals surface area contributed by atoms with Crippen LogP contribution in [0.4, 0.5) is 5.82 Å². The molecule has 0 spiro atoms. The first-order valence-corrected chi connectivity index (χ1v) is 5.70. The maximum Gasteiger partial charge on any atom is 0.221 e. The van der Waals surface area contributed by atoms with Gasteiger partial charge in [0.05, 0.1) is 0 Å². The number of amides is 1. The first kappa shape index (κ1) is 10.9. The van der Waals surface area contributed by atoms with Crippen LogP contribution < -0.4 is 10.6 Å². The summed E-state index contributed by atoms with van der Waals surface area (Å²) < 4.78 is 0. The van der Waals surface area contributed by atoms with Crippen LogP contribution >= 0.6 is 0 Å². The number of aromatic nitrogens is 1. The zero-order valence-electron chi connectivity index (χ0n) is 9.49. The summed E-state index contributed by atoms with van der Waals surface area (Å²) in [4.78, 5) is 15.6. The third-order valence-corrected chi connectivity index (χ3v) is 2.60. The molecule has 1 aliphatic carbocycles. The van der Waals surface area contributed by atoms with Crippen LogP contribution in [-0.4, -0.2) is 23.5 Å². The predicted molar refractivity (Wildman–Crippen MR) is 63.2 cm³/mol. The molecule has 0 aliphatic heterocycles. The van der Waals surface area contributed by atoms with Gasteiger partial charge in [0.2, 0.25) is 5.91 Å². The molecule has 0 saturated heterocycles. The molecule has 2 rings (SSSR count). The molecule has 1 amide bonds. The van der Waals surface area contributed by atoms with Gasteiger partial charge in [-0.15, -0.1) is 0 Å². The number of rotatable bonds is 5. The third kappa shape index (κ3) is 3.22. The molecule has 16 heavy (non-hydrogen) atoms. The predicted octanol–water partition coefficient (Wildman–Crippen LogP) is 1.47. The lowest BCUT2D eigenvalue weighted by molar-refractivity contribution is -0.120. The first-order valence-electron chi connectivity index (χ1n) is 5.70. The van der Waals surface area contributed by atoms with E-state index in [9.17, 15) is 4.79 Å². The Balaban J connectivity index is 1.70. The number of nitrogens with zero attached hydrogens (tertiary/aromatic N) is 1. The second-order valence-corrected chi connectivity index (χ2v) is 4.19. The quantitative estimate of drug-likeness (QED) is 0.788. The fourth-order valence-corrected chi connectivity index (χ4v) is 1.49. The zero-order valence-corrected chi connectivity index (χ0v) is 9.49. The Bertz CT molecular complexity index is 374. The average Bonchev–Trinajstić information content (AvgIpc) is 3.05. The minimum atomic E-state index is 0.128. The van der Waals surface area contributed by atoms with Gasteiger partial charge in [-0.3, -0.25) is 4.79 Å². The van der Waals surface area contributed by atoms with E-state index >= 15 is 0 Å². The zero-order chi connectivity index (χ0) is 11.4. The Morgan fingerprint density at radius 3 is 3.06 bits per heavy atom. The van der Waals surface area contributed by atoms with Gasteiger partial charge in [0, 0.05) is 25.2 Å². The lowest BCUT2D eigenvalue weighted by Crippen LogP contribution is -2.27. The summed E-state index contributed by atoms with van der Waals surface area (Å²) in [5, 5.41) is 6.12. The summed E-state index contributed by atoms with van der Waals surface area (Å²) in [5.41, 5.74) is 1.10. The number of nitrogens with one attached hydrogen (secondary N) is 2. The average molecular weight is 219 g/mol. The van der Waals surface area contributed by atoms with E-state index in [1.165, 1.54) is 0 Å². The largest absolute Gasteiger partial charge is 0.369 e. The van der Waals surface area contributed by atoms with E-state index in [4.69, 9.17) is 0 Å². The fourth-order valence-electron chi connectivity index (χ4n) is 1.49. The Morgan fingerprint density at radius 2 is 2.38 bits per heavy atom. The number of carbonyl (C=O) groups excluding carboxylic acids is 1. The molecule has 0 unspecified atom stereocenters. The van der Waals surface area contributed by atoms with Crippen LogP contribution in [0.5, 0.6) is 0 Å². The van der Waals surface area contributed by atoms with Gasteiger partial charge < -0.3 is 10.6 Å². The molecule has 1 aromatic heterocycles. The van der Waals surface area contributed by atoms with Gasteiger partial charge in [-0.25, -0.2) is 4.98 Å². The topological polar surface area (TPSA) is 54.0 Å². The van der Waals surface area contributed by atoms with Gasteiger partial charge in [0.25, 0.3) is 0 Å². The van der Waals surface area contributed by atoms with Crippen molar-refractivity contribution >= 4 is 11.7 Å². The highest BCUT2D eigenvalue weighted by atomic mass is 16.1. The molecule has 1 saturated carbocycles. The van der Waals surface area contributed by atoms with Crippen molar-refractivity contribution in [1.29, 1.82) is 0 Å². The van der Waals surface area contributed by atoms with Crippen LogP contribution in [0, 0.1) is 6.92 Å². The highest BCUT2D eigenvalue weighted by Gasteiger charge is 2.22. The summed E-state index contributed by atoms with van der Waals surface area (Å²) in [6, 6.07) is 4.35. The molecule has 86 valence electrons. The molecule has 0 aromatic carbocycles. The number of aryl methyl sites for hydroxylation is 1. The molecule has 4 nitrogen and oxygen atoms in total. The smallest absolute Gasteiger partial charge is 0.221 e. The van der Waals surface area contributed by atoms with Crippen LogP contribution in [0.3, 0.4) is 0 Å². The second kappa shape index (κ2) is 4.96. The van der Waals surface area contributed by atoms with Crippen molar-refractivity contribution in [1.82, 2.24) is 10.3 Å². The van der Waals surface area contributed by atoms with E-state index in [2.05, 4.69) is 15.6 Å². The molecular formula is C12H17N3O. The van der Waals surface area contributed by atoms with Crippen LogP contribution in [0.15, 0.2) is 18.3 Å². The fraction of sp³-hybridized carbons (Fsp3) is 0.500. The minimum absolute atomic E-state index is 0.128. The van der Waals surface area contributed by atoms with E-state index in [1.807, 2.05) is 19.1 Å². The van der Waals surface area contributed by atoms with Crippen molar-refractivity contribution in [2.45, 2.75) is 32.2 Å². The van der Waals surface area contributed by atoms with Gasteiger partial charge >= 0.3 is 0 Å². The summed E-state index contributed by atoms with van der Waals surface area (Å²) >= 11 is 0. The number of carbonyl (C=O) groups is 1. The molecule has 1 aliphatic rings. The van der Waals surface area contributed by atoms with Gasteiger partial charge in [0.15, 0.2) is 0 Å². The third-order valence-electron chi connectivity index (χ3n) is 2.60. The van der Waals surface area contributed by atoms with Gasteiger partial charge in [-0.2, -0.15) is 0 Å². The van der Waals surface area contributed by atoms with E-state index in [0.717, 1.165) is 24.2 Å². The number of anilines is 1. The first-order chi connectivity index (χ1) is 7.75. The highest BCUT2D eigenvalue weighted by molar-refractivity contribution is 5.77. The van der Waals surface area contributed by atoms with Crippen molar-refractivity contribution < 1.29 is 4.79 Å². The van der Waals surface area contributed by atoms with Crippen molar-refractivity contribution in [3.8, 4) is 0 Å². The molecule has 2 N–H and O–H groups in total. The molecule has 1 aromatic rings. The van der Waals surface area contributed by atoms with Crippen molar-refractivity contribution in [2.24, 2.45) is 0 Å². The van der Waals surface area contributed by atoms with Gasteiger partial charge in [0.1, 0.15) is 5.82 Å². The van der Waals surface area contributed by atoms with Crippen LogP contribution in [0.1, 0.15) is 24.8 Å². The summed E-state index contributed by atoms with van der Waals surface area (Å²) in [7, 11) is 0. The number of hydrogen-bond donors (Lipinski definition) is 2. The number of pyridine rings is 1. The molecule has 0 bridgehead atoms. The second-order valence-electron chi connectivity index (χ2n) is 4.19. The highest BCUT2D eigenvalue weighted by Crippen LogP contribution is 2.18. The Labute approximate surface area is 95.5 Å². The van der Waals surface area contributed by atoms with Gasteiger partial charge in [-0.1, -0.05) is 6.07 Å². The standard InChI is InChI=1S/C12H17N3O/c1-9-3-2-7-13-12(9)14-8-6-11(16)15-10-4-5-10/h2-3,7,10H,4-6,8H2,1H3,(H,13,14)(H,15,16). The minimum Gasteiger partial charge on any atom is -0.369 e. The molecule has 1 fully saturated rings. The Kier molecular flexibility index (Phi) is 3.39. The van der Waals surface area contributed by atoms with E-state index < -0.39 is 0 Å². The maximum absolute atomic E-state index is 11.4. The maximum atomic E-state index is 11.4. The molecule has 4 heteroatoms. The number of hydrogen-bond acceptors (Lipinski definition) is 3. The van der Waals surface area contributed by atoms with Gasteiger partial charge in [-0.05, 0) is 31.4 Å². The van der Waals surface area contributed by atoms with E-state index in [0.29, 0.717) is 19.0 Å². The monoisotopic (exact) mass is 219 g/mol. The van der Waals surface area contributed by atoms with Crippen LogP contribution in [-0.2, 0) is 4.79 Å². The van der Waals surface area contributed by atoms with Crippen molar-refractivity contribution in [3.05, 3.63) is 23.9 Å². The lowest BCUT2D eigenvalue weighted by Gasteiger charge is -2.07.